The van der Waals surface area contributed by atoms with Crippen molar-refractivity contribution in [2.24, 2.45) is 4.99 Å². The zero-order valence-corrected chi connectivity index (χ0v) is 14.8. The molecule has 2 rings (SSSR count). The van der Waals surface area contributed by atoms with Crippen LogP contribution in [0.2, 0.25) is 0 Å². The fourth-order valence-electron chi connectivity index (χ4n) is 2.42. The molecule has 0 atom stereocenters. The van der Waals surface area contributed by atoms with Gasteiger partial charge in [-0.15, -0.1) is 0 Å². The fourth-order valence-corrected chi connectivity index (χ4v) is 2.42. The molecule has 0 saturated heterocycles. The van der Waals surface area contributed by atoms with Gasteiger partial charge in [-0.1, -0.05) is 24.3 Å². The van der Waals surface area contributed by atoms with Crippen LogP contribution in [0.4, 0.5) is 5.69 Å². The summed E-state index contributed by atoms with van der Waals surface area (Å²) in [6, 6.07) is 12.6. The Kier molecular flexibility index (Phi) is 5.80. The van der Waals surface area contributed by atoms with E-state index in [9.17, 15) is 0 Å². The van der Waals surface area contributed by atoms with Gasteiger partial charge in [0.15, 0.2) is 0 Å². The van der Waals surface area contributed by atoms with Crippen molar-refractivity contribution in [1.29, 1.82) is 0 Å². The van der Waals surface area contributed by atoms with Crippen LogP contribution < -0.4 is 4.74 Å². The molecule has 0 aliphatic rings. The van der Waals surface area contributed by atoms with E-state index in [0.29, 0.717) is 0 Å². The summed E-state index contributed by atoms with van der Waals surface area (Å²) in [5.41, 5.74) is 6.07. The zero-order valence-electron chi connectivity index (χ0n) is 14.8. The molecule has 3 nitrogen and oxygen atoms in total. The van der Waals surface area contributed by atoms with Gasteiger partial charge in [0.2, 0.25) is 0 Å². The second kappa shape index (κ2) is 7.82. The Hall–Kier alpha value is -2.29. The van der Waals surface area contributed by atoms with E-state index in [1.54, 1.807) is 7.11 Å². The number of hydrogen-bond donors (Lipinski definition) is 0. The molecule has 0 N–H and O–H groups in total. The summed E-state index contributed by atoms with van der Waals surface area (Å²) in [7, 11) is 3.72. The lowest BCUT2D eigenvalue weighted by Gasteiger charge is -2.14. The van der Waals surface area contributed by atoms with Gasteiger partial charge in [0, 0.05) is 19.7 Å². The van der Waals surface area contributed by atoms with E-state index in [-0.39, 0.29) is 0 Å². The van der Waals surface area contributed by atoms with Gasteiger partial charge in [-0.2, -0.15) is 0 Å². The monoisotopic (exact) mass is 310 g/mol. The van der Waals surface area contributed by atoms with Crippen molar-refractivity contribution in [2.45, 2.75) is 27.2 Å². The molecule has 0 fully saturated rings. The van der Waals surface area contributed by atoms with Crippen LogP contribution in [0, 0.1) is 13.8 Å². The number of ether oxygens (including phenoxy) is 1. The number of rotatable bonds is 6. The molecule has 2 aromatic carbocycles. The quantitative estimate of drug-likeness (QED) is 0.579. The molecule has 0 aromatic heterocycles. The van der Waals surface area contributed by atoms with E-state index in [1.165, 1.54) is 22.3 Å². The molecule has 0 aliphatic carbocycles. The van der Waals surface area contributed by atoms with E-state index >= 15 is 0 Å². The van der Waals surface area contributed by atoms with Crippen LogP contribution in [0.1, 0.15) is 29.2 Å². The first kappa shape index (κ1) is 17.1. The second-order valence-corrected chi connectivity index (χ2v) is 5.85. The highest BCUT2D eigenvalue weighted by atomic mass is 16.5. The van der Waals surface area contributed by atoms with Gasteiger partial charge in [-0.05, 0) is 55.5 Å². The molecule has 122 valence electrons. The number of aliphatic imine (C=N–C) groups is 1. The van der Waals surface area contributed by atoms with Gasteiger partial charge in [0.25, 0.3) is 0 Å². The molecule has 0 bridgehead atoms. The number of nitrogens with zero attached hydrogens (tertiary/aromatic N) is 2. The van der Waals surface area contributed by atoms with Gasteiger partial charge in [-0.3, -0.25) is 0 Å². The minimum absolute atomic E-state index is 0.852. The van der Waals surface area contributed by atoms with Crippen LogP contribution in [0.5, 0.6) is 5.75 Å². The third-order valence-electron chi connectivity index (χ3n) is 4.23. The van der Waals surface area contributed by atoms with Crippen molar-refractivity contribution in [1.82, 2.24) is 4.90 Å². The van der Waals surface area contributed by atoms with Gasteiger partial charge < -0.3 is 9.64 Å². The number of aryl methyl sites for hydroxylation is 1. The maximum atomic E-state index is 5.46. The molecule has 0 amide bonds. The van der Waals surface area contributed by atoms with Crippen LogP contribution in [0.25, 0.3) is 0 Å². The lowest BCUT2D eigenvalue weighted by Crippen LogP contribution is -2.14. The lowest BCUT2D eigenvalue weighted by atomic mass is 9.96. The summed E-state index contributed by atoms with van der Waals surface area (Å²) < 4.78 is 5.46. The Morgan fingerprint density at radius 1 is 1.13 bits per heavy atom. The number of methoxy groups -OCH3 is 1. The third kappa shape index (κ3) is 4.35. The molecular weight excluding hydrogens is 284 g/mol. The van der Waals surface area contributed by atoms with Gasteiger partial charge >= 0.3 is 0 Å². The molecule has 2 aromatic rings. The predicted molar refractivity (Wildman–Crippen MR) is 98.2 cm³/mol. The summed E-state index contributed by atoms with van der Waals surface area (Å²) in [4.78, 5) is 6.69. The zero-order chi connectivity index (χ0) is 16.8. The smallest absolute Gasteiger partial charge is 0.121 e. The SMILES string of the molecule is CCN(C)C=Nc1cc(OC)cc(Cc2ccccc2C)c1C. The summed E-state index contributed by atoms with van der Waals surface area (Å²) in [6.45, 7) is 7.32. The predicted octanol–water partition coefficient (Wildman–Crippen LogP) is 4.51. The largest absolute Gasteiger partial charge is 0.497 e. The summed E-state index contributed by atoms with van der Waals surface area (Å²) in [5, 5.41) is 0. The maximum Gasteiger partial charge on any atom is 0.121 e. The molecule has 0 aliphatic heterocycles. The van der Waals surface area contributed by atoms with Crippen LogP contribution >= 0.6 is 0 Å². The molecule has 0 radical (unpaired) electrons. The first-order valence-corrected chi connectivity index (χ1v) is 8.01. The summed E-state index contributed by atoms with van der Waals surface area (Å²) in [5.74, 6) is 0.852. The van der Waals surface area contributed by atoms with Crippen molar-refractivity contribution >= 4 is 12.0 Å². The van der Waals surface area contributed by atoms with E-state index in [1.807, 2.05) is 19.5 Å². The van der Waals surface area contributed by atoms with Crippen LogP contribution in [-0.4, -0.2) is 31.9 Å². The highest BCUT2D eigenvalue weighted by Crippen LogP contribution is 2.30. The topological polar surface area (TPSA) is 24.8 Å². The van der Waals surface area contributed by atoms with Crippen molar-refractivity contribution in [2.75, 3.05) is 20.7 Å². The molecule has 0 saturated carbocycles. The maximum absolute atomic E-state index is 5.46. The number of benzene rings is 2. The Morgan fingerprint density at radius 3 is 2.52 bits per heavy atom. The van der Waals surface area contributed by atoms with E-state index in [0.717, 1.165) is 24.4 Å². The fraction of sp³-hybridized carbons (Fsp3) is 0.350. The lowest BCUT2D eigenvalue weighted by molar-refractivity contribution is 0.414. The van der Waals surface area contributed by atoms with Gasteiger partial charge in [-0.25, -0.2) is 4.99 Å². The first-order valence-electron chi connectivity index (χ1n) is 8.01. The third-order valence-corrected chi connectivity index (χ3v) is 4.23. The van der Waals surface area contributed by atoms with E-state index in [4.69, 9.17) is 4.74 Å². The Labute approximate surface area is 139 Å². The molecule has 3 heteroatoms. The summed E-state index contributed by atoms with van der Waals surface area (Å²) in [6.07, 6.45) is 2.77. The molecule has 23 heavy (non-hydrogen) atoms. The normalized spacial score (nSPS) is 11.0. The van der Waals surface area contributed by atoms with Crippen LogP contribution in [0.15, 0.2) is 41.4 Å². The van der Waals surface area contributed by atoms with Crippen molar-refractivity contribution in [3.8, 4) is 5.75 Å². The van der Waals surface area contributed by atoms with Crippen LogP contribution in [0.3, 0.4) is 0 Å². The number of hydrogen-bond acceptors (Lipinski definition) is 2. The second-order valence-electron chi connectivity index (χ2n) is 5.85. The highest BCUT2D eigenvalue weighted by molar-refractivity contribution is 5.65. The van der Waals surface area contributed by atoms with E-state index < -0.39 is 0 Å². The molecule has 0 heterocycles. The Balaban J connectivity index is 2.39. The van der Waals surface area contributed by atoms with Gasteiger partial charge in [0.05, 0.1) is 19.1 Å². The van der Waals surface area contributed by atoms with Crippen molar-refractivity contribution in [3.05, 3.63) is 58.7 Å². The van der Waals surface area contributed by atoms with Crippen molar-refractivity contribution < 1.29 is 4.74 Å². The van der Waals surface area contributed by atoms with Crippen molar-refractivity contribution in [3.63, 3.8) is 0 Å². The standard InChI is InChI=1S/C20H26N2O/c1-6-22(4)14-21-20-13-19(23-5)12-18(16(20)3)11-17-10-8-7-9-15(17)2/h7-10,12-14H,6,11H2,1-5H3. The Bertz CT molecular complexity index is 692. The minimum atomic E-state index is 0.852. The van der Waals surface area contributed by atoms with Gasteiger partial charge in [0.1, 0.15) is 5.75 Å². The molecule has 0 spiro atoms. The van der Waals surface area contributed by atoms with E-state index in [2.05, 4.69) is 61.0 Å². The first-order chi connectivity index (χ1) is 11.0. The summed E-state index contributed by atoms with van der Waals surface area (Å²) >= 11 is 0. The average Bonchev–Trinajstić information content (AvgIpc) is 2.57. The highest BCUT2D eigenvalue weighted by Gasteiger charge is 2.09. The molecular formula is C20H26N2O. The Morgan fingerprint density at radius 2 is 1.87 bits per heavy atom. The average molecular weight is 310 g/mol. The molecule has 0 unspecified atom stereocenters. The van der Waals surface area contributed by atoms with Crippen LogP contribution in [-0.2, 0) is 6.42 Å². The minimum Gasteiger partial charge on any atom is -0.497 e.